The maximum absolute atomic E-state index is 13.0. The van der Waals surface area contributed by atoms with Crippen molar-refractivity contribution in [1.82, 2.24) is 15.0 Å². The van der Waals surface area contributed by atoms with Gasteiger partial charge in [-0.25, -0.2) is 0 Å². The van der Waals surface area contributed by atoms with Crippen LogP contribution in [0.15, 0.2) is 9.90 Å². The molecule has 3 heterocycles. The Kier molecular flexibility index (Phi) is 4.67. The lowest BCUT2D eigenvalue weighted by Gasteiger charge is -2.27. The van der Waals surface area contributed by atoms with Crippen LogP contribution in [0.5, 0.6) is 0 Å². The van der Waals surface area contributed by atoms with Gasteiger partial charge in [-0.3, -0.25) is 9.69 Å². The maximum atomic E-state index is 13.0. The first-order valence-corrected chi connectivity index (χ1v) is 10.6. The number of aryl methyl sites for hydroxylation is 2. The summed E-state index contributed by atoms with van der Waals surface area (Å²) in [6, 6.07) is 0. The molecule has 1 saturated carbocycles. The molecule has 2 aromatic rings. The van der Waals surface area contributed by atoms with Crippen molar-refractivity contribution in [1.29, 1.82) is 0 Å². The van der Waals surface area contributed by atoms with E-state index < -0.39 is 0 Å². The quantitative estimate of drug-likeness (QED) is 0.777. The van der Waals surface area contributed by atoms with E-state index in [1.54, 1.807) is 11.3 Å². The Morgan fingerprint density at radius 2 is 2.19 bits per heavy atom. The van der Waals surface area contributed by atoms with E-state index in [-0.39, 0.29) is 5.91 Å². The van der Waals surface area contributed by atoms with Crippen LogP contribution in [0.3, 0.4) is 0 Å². The van der Waals surface area contributed by atoms with Crippen LogP contribution in [-0.4, -0.2) is 41.0 Å². The molecule has 6 heteroatoms. The Hall–Kier alpha value is -1.66. The zero-order valence-corrected chi connectivity index (χ0v) is 17.8. The number of fused-ring (bicyclic) bond motifs is 1. The first-order chi connectivity index (χ1) is 12.8. The average Bonchev–Trinajstić information content (AvgIpc) is 2.95. The summed E-state index contributed by atoms with van der Waals surface area (Å²) in [7, 11) is 1.95. The van der Waals surface area contributed by atoms with Gasteiger partial charge >= 0.3 is 0 Å². The third kappa shape index (κ3) is 3.57. The van der Waals surface area contributed by atoms with E-state index in [9.17, 15) is 4.79 Å². The molecule has 2 aromatic heterocycles. The number of hydrogen-bond donors (Lipinski definition) is 0. The van der Waals surface area contributed by atoms with Crippen LogP contribution in [-0.2, 0) is 19.5 Å². The number of nitrogens with zero attached hydrogens (tertiary/aromatic N) is 3. The Morgan fingerprint density at radius 3 is 2.81 bits per heavy atom. The van der Waals surface area contributed by atoms with Crippen LogP contribution < -0.4 is 0 Å². The van der Waals surface area contributed by atoms with Gasteiger partial charge in [0.25, 0.3) is 5.91 Å². The third-order valence-electron chi connectivity index (χ3n) is 6.38. The summed E-state index contributed by atoms with van der Waals surface area (Å²) in [5, 5.41) is 6.13. The summed E-state index contributed by atoms with van der Waals surface area (Å²) in [6.45, 7) is 12.1. The minimum absolute atomic E-state index is 0.189. The van der Waals surface area contributed by atoms with Gasteiger partial charge in [0.1, 0.15) is 5.76 Å². The van der Waals surface area contributed by atoms with E-state index in [1.807, 2.05) is 25.8 Å². The molecule has 0 saturated heterocycles. The number of carbonyl (C=O) groups excluding carboxylic acids is 1. The van der Waals surface area contributed by atoms with Crippen molar-refractivity contribution in [2.75, 3.05) is 20.1 Å². The molecule has 0 N–H and O–H groups in total. The highest BCUT2D eigenvalue weighted by Crippen LogP contribution is 2.51. The predicted molar refractivity (Wildman–Crippen MR) is 107 cm³/mol. The van der Waals surface area contributed by atoms with Crippen LogP contribution in [0, 0.1) is 25.2 Å². The number of hydrogen-bond acceptors (Lipinski definition) is 5. The van der Waals surface area contributed by atoms with Crippen LogP contribution >= 0.6 is 11.3 Å². The molecule has 0 bridgehead atoms. The van der Waals surface area contributed by atoms with E-state index in [0.717, 1.165) is 49.6 Å². The molecule has 0 aromatic carbocycles. The fourth-order valence-corrected chi connectivity index (χ4v) is 5.27. The third-order valence-corrected chi connectivity index (χ3v) is 7.39. The van der Waals surface area contributed by atoms with Crippen LogP contribution in [0.2, 0.25) is 0 Å². The molecule has 0 spiro atoms. The van der Waals surface area contributed by atoms with E-state index >= 15 is 0 Å². The zero-order valence-electron chi connectivity index (χ0n) is 17.0. The summed E-state index contributed by atoms with van der Waals surface area (Å²) >= 11 is 1.73. The molecule has 1 atom stereocenters. The SMILES string of the molecule is Cc1noc(C)c1CN1CCc2c(C(=O)N(C)C[C@@H]3CC3(C)C)csc2C1. The lowest BCUT2D eigenvalue weighted by molar-refractivity contribution is 0.0783. The van der Waals surface area contributed by atoms with Crippen LogP contribution in [0.1, 0.15) is 58.1 Å². The second kappa shape index (κ2) is 6.74. The highest BCUT2D eigenvalue weighted by molar-refractivity contribution is 7.10. The Morgan fingerprint density at radius 1 is 1.44 bits per heavy atom. The lowest BCUT2D eigenvalue weighted by atomic mass is 10.0. The van der Waals surface area contributed by atoms with Gasteiger partial charge in [-0.15, -0.1) is 11.3 Å². The minimum Gasteiger partial charge on any atom is -0.361 e. The van der Waals surface area contributed by atoms with Crippen LogP contribution in [0.25, 0.3) is 0 Å². The molecule has 5 nitrogen and oxygen atoms in total. The molecular weight excluding hydrogens is 358 g/mol. The van der Waals surface area contributed by atoms with Crippen LogP contribution in [0.4, 0.5) is 0 Å². The normalized spacial score (nSPS) is 21.1. The van der Waals surface area contributed by atoms with Gasteiger partial charge in [-0.1, -0.05) is 19.0 Å². The molecule has 4 rings (SSSR count). The Labute approximate surface area is 165 Å². The number of carbonyl (C=O) groups is 1. The smallest absolute Gasteiger partial charge is 0.254 e. The molecule has 1 aliphatic heterocycles. The van der Waals surface area contributed by atoms with Crippen molar-refractivity contribution in [3.05, 3.63) is 38.4 Å². The van der Waals surface area contributed by atoms with Crippen molar-refractivity contribution >= 4 is 17.2 Å². The summed E-state index contributed by atoms with van der Waals surface area (Å²) < 4.78 is 5.30. The molecule has 27 heavy (non-hydrogen) atoms. The van der Waals surface area contributed by atoms with E-state index in [1.165, 1.54) is 22.4 Å². The zero-order chi connectivity index (χ0) is 19.3. The summed E-state index contributed by atoms with van der Waals surface area (Å²) in [5.41, 5.74) is 4.76. The highest BCUT2D eigenvalue weighted by atomic mass is 32.1. The number of rotatable bonds is 5. The van der Waals surface area contributed by atoms with Crippen molar-refractivity contribution in [2.24, 2.45) is 11.3 Å². The molecule has 146 valence electrons. The second-order valence-electron chi connectivity index (χ2n) is 8.89. The van der Waals surface area contributed by atoms with Gasteiger partial charge in [0.05, 0.1) is 11.3 Å². The highest BCUT2D eigenvalue weighted by Gasteiger charge is 2.46. The van der Waals surface area contributed by atoms with Gasteiger partial charge in [0.2, 0.25) is 0 Å². The molecular formula is C21H29N3O2S. The van der Waals surface area contributed by atoms with Gasteiger partial charge in [0, 0.05) is 49.0 Å². The largest absolute Gasteiger partial charge is 0.361 e. The molecule has 1 aliphatic carbocycles. The van der Waals surface area contributed by atoms with Crippen molar-refractivity contribution in [3.8, 4) is 0 Å². The Balaban J connectivity index is 1.43. The second-order valence-corrected chi connectivity index (χ2v) is 9.85. The fraction of sp³-hybridized carbons (Fsp3) is 0.619. The summed E-state index contributed by atoms with van der Waals surface area (Å²) in [6.07, 6.45) is 2.16. The molecule has 0 radical (unpaired) electrons. The minimum atomic E-state index is 0.189. The van der Waals surface area contributed by atoms with Gasteiger partial charge in [-0.2, -0.15) is 0 Å². The topological polar surface area (TPSA) is 49.6 Å². The summed E-state index contributed by atoms with van der Waals surface area (Å²) in [4.78, 5) is 18.7. The fourth-order valence-electron chi connectivity index (χ4n) is 4.15. The summed E-state index contributed by atoms with van der Waals surface area (Å²) in [5.74, 6) is 1.74. The standard InChI is InChI=1S/C21H29N3O2S/c1-13-17(14(2)26-22-13)10-24-7-6-16-18(12-27-19(16)11-24)20(25)23(5)9-15-8-21(15,3)4/h12,15H,6-11H2,1-5H3/t15-/m0/s1. The van der Waals surface area contributed by atoms with E-state index in [4.69, 9.17) is 4.52 Å². The van der Waals surface area contributed by atoms with Gasteiger partial charge < -0.3 is 9.42 Å². The van der Waals surface area contributed by atoms with E-state index in [2.05, 4.69) is 29.3 Å². The molecule has 1 amide bonds. The molecule has 2 aliphatic rings. The molecule has 0 unspecified atom stereocenters. The number of aromatic nitrogens is 1. The Bertz CT molecular complexity index is 847. The predicted octanol–water partition coefficient (Wildman–Crippen LogP) is 4.03. The average molecular weight is 388 g/mol. The van der Waals surface area contributed by atoms with Gasteiger partial charge in [0.15, 0.2) is 0 Å². The maximum Gasteiger partial charge on any atom is 0.254 e. The van der Waals surface area contributed by atoms with Gasteiger partial charge in [-0.05, 0) is 43.6 Å². The first kappa shape index (κ1) is 18.7. The van der Waals surface area contributed by atoms with Crippen molar-refractivity contribution in [2.45, 2.75) is 53.6 Å². The van der Waals surface area contributed by atoms with Crippen molar-refractivity contribution in [3.63, 3.8) is 0 Å². The first-order valence-electron chi connectivity index (χ1n) is 9.75. The molecule has 1 fully saturated rings. The lowest BCUT2D eigenvalue weighted by Crippen LogP contribution is -2.33. The van der Waals surface area contributed by atoms with E-state index in [0.29, 0.717) is 11.3 Å². The van der Waals surface area contributed by atoms with Crippen molar-refractivity contribution < 1.29 is 9.32 Å². The number of amides is 1. The number of thiophene rings is 1. The monoisotopic (exact) mass is 387 g/mol.